The van der Waals surface area contributed by atoms with Gasteiger partial charge in [0.2, 0.25) is 5.91 Å². The zero-order chi connectivity index (χ0) is 23.6. The normalized spacial score (nSPS) is 10.7. The highest BCUT2D eigenvalue weighted by Gasteiger charge is 2.18. The molecule has 0 aromatic heterocycles. The first-order valence-electron chi connectivity index (χ1n) is 10.4. The molecular formula is C24H29N3O4S. The molecule has 0 aliphatic heterocycles. The second kappa shape index (κ2) is 12.0. The van der Waals surface area contributed by atoms with Crippen LogP contribution in [0.25, 0.3) is 0 Å². The third kappa shape index (κ3) is 9.26. The first-order chi connectivity index (χ1) is 15.1. The number of esters is 1. The molecule has 2 aromatic carbocycles. The molecular weight excluding hydrogens is 426 g/mol. The number of nitrogens with one attached hydrogen (secondary N) is 3. The summed E-state index contributed by atoms with van der Waals surface area (Å²) in [4.78, 5) is 36.5. The van der Waals surface area contributed by atoms with Crippen LogP contribution in [0.5, 0.6) is 0 Å². The van der Waals surface area contributed by atoms with E-state index in [0.29, 0.717) is 17.7 Å². The third-order valence-electron chi connectivity index (χ3n) is 4.21. The minimum Gasteiger partial charge on any atom is -0.465 e. The lowest BCUT2D eigenvalue weighted by molar-refractivity contribution is -0.144. The maximum Gasteiger partial charge on any atom is 0.306 e. The topological polar surface area (TPSA) is 96.5 Å². The van der Waals surface area contributed by atoms with Gasteiger partial charge in [-0.25, -0.2) is 0 Å². The summed E-state index contributed by atoms with van der Waals surface area (Å²) in [5.74, 6) is -1.12. The molecule has 3 N–H and O–H groups in total. The molecule has 0 heterocycles. The predicted molar refractivity (Wildman–Crippen MR) is 128 cm³/mol. The van der Waals surface area contributed by atoms with Crippen molar-refractivity contribution in [1.82, 2.24) is 10.6 Å². The molecule has 2 aromatic rings. The zero-order valence-corrected chi connectivity index (χ0v) is 19.4. The molecule has 8 heteroatoms. The van der Waals surface area contributed by atoms with Crippen molar-refractivity contribution in [3.63, 3.8) is 0 Å². The lowest BCUT2D eigenvalue weighted by Gasteiger charge is -2.21. The Kier molecular flexibility index (Phi) is 9.34. The molecule has 7 nitrogen and oxygen atoms in total. The lowest BCUT2D eigenvalue weighted by Crippen LogP contribution is -2.41. The number of hydrogen-bond donors (Lipinski definition) is 3. The summed E-state index contributed by atoms with van der Waals surface area (Å²) in [6.07, 6.45) is 0.515. The number of para-hydroxylation sites is 1. The van der Waals surface area contributed by atoms with Crippen molar-refractivity contribution in [2.24, 2.45) is 0 Å². The summed E-state index contributed by atoms with van der Waals surface area (Å²) < 4.78 is 5.17. The molecule has 0 saturated heterocycles. The van der Waals surface area contributed by atoms with Crippen LogP contribution in [0.1, 0.15) is 49.5 Å². The molecule has 32 heavy (non-hydrogen) atoms. The fourth-order valence-corrected chi connectivity index (χ4v) is 2.98. The number of rotatable bonds is 8. The Hall–Kier alpha value is -3.26. The van der Waals surface area contributed by atoms with Crippen molar-refractivity contribution < 1.29 is 19.1 Å². The van der Waals surface area contributed by atoms with Crippen LogP contribution in [-0.4, -0.2) is 35.0 Å². The smallest absolute Gasteiger partial charge is 0.306 e. The van der Waals surface area contributed by atoms with E-state index >= 15 is 0 Å². The van der Waals surface area contributed by atoms with E-state index in [1.54, 1.807) is 24.3 Å². The van der Waals surface area contributed by atoms with Gasteiger partial charge in [-0.15, -0.1) is 0 Å². The Balaban J connectivity index is 1.76. The number of anilines is 1. The molecule has 0 radical (unpaired) electrons. The van der Waals surface area contributed by atoms with E-state index in [1.165, 1.54) is 0 Å². The third-order valence-corrected chi connectivity index (χ3v) is 4.42. The predicted octanol–water partition coefficient (Wildman–Crippen LogP) is 3.59. The zero-order valence-electron chi connectivity index (χ0n) is 18.6. The molecule has 0 unspecified atom stereocenters. The molecule has 0 aliphatic carbocycles. The maximum absolute atomic E-state index is 12.5. The average Bonchev–Trinajstić information content (AvgIpc) is 2.72. The van der Waals surface area contributed by atoms with Gasteiger partial charge in [-0.3, -0.25) is 14.4 Å². The van der Waals surface area contributed by atoms with Crippen molar-refractivity contribution in [2.75, 3.05) is 11.9 Å². The minimum atomic E-state index is -0.445. The quantitative estimate of drug-likeness (QED) is 0.416. The molecule has 0 bridgehead atoms. The molecule has 0 aliphatic rings. The Morgan fingerprint density at radius 2 is 1.59 bits per heavy atom. The van der Waals surface area contributed by atoms with E-state index in [1.807, 2.05) is 51.1 Å². The van der Waals surface area contributed by atoms with E-state index in [0.717, 1.165) is 5.56 Å². The van der Waals surface area contributed by atoms with Crippen LogP contribution in [0, 0.1) is 0 Å². The van der Waals surface area contributed by atoms with Crippen LogP contribution in [0.3, 0.4) is 0 Å². The Labute approximate surface area is 193 Å². The molecule has 2 amide bonds. The minimum absolute atomic E-state index is 0.0449. The monoisotopic (exact) mass is 455 g/mol. The van der Waals surface area contributed by atoms with Gasteiger partial charge in [0, 0.05) is 18.4 Å². The molecule has 0 saturated carbocycles. The summed E-state index contributed by atoms with van der Waals surface area (Å²) in [6.45, 7) is 5.92. The SMILES string of the molecule is CC(C)(C)NC(=O)c1ccccc1NC(=S)NC(=O)CCC(=O)OCCc1ccccc1. The largest absolute Gasteiger partial charge is 0.465 e. The summed E-state index contributed by atoms with van der Waals surface area (Å²) in [5.41, 5.74) is 1.56. The molecule has 170 valence electrons. The molecule has 0 atom stereocenters. The summed E-state index contributed by atoms with van der Waals surface area (Å²) in [5, 5.41) is 8.33. The first kappa shape index (κ1) is 25.0. The second-order valence-electron chi connectivity index (χ2n) is 8.21. The van der Waals surface area contributed by atoms with Gasteiger partial charge in [0.1, 0.15) is 0 Å². The van der Waals surface area contributed by atoms with E-state index in [4.69, 9.17) is 17.0 Å². The van der Waals surface area contributed by atoms with Crippen LogP contribution < -0.4 is 16.0 Å². The van der Waals surface area contributed by atoms with E-state index < -0.39 is 17.4 Å². The second-order valence-corrected chi connectivity index (χ2v) is 8.62. The van der Waals surface area contributed by atoms with Crippen molar-refractivity contribution in [3.8, 4) is 0 Å². The lowest BCUT2D eigenvalue weighted by atomic mass is 10.1. The first-order valence-corrected chi connectivity index (χ1v) is 10.8. The van der Waals surface area contributed by atoms with Gasteiger partial charge in [0.25, 0.3) is 5.91 Å². The van der Waals surface area contributed by atoms with Gasteiger partial charge in [0.05, 0.1) is 24.3 Å². The number of hydrogen-bond acceptors (Lipinski definition) is 5. The summed E-state index contributed by atoms with van der Waals surface area (Å²) in [6, 6.07) is 16.5. The highest BCUT2D eigenvalue weighted by atomic mass is 32.1. The van der Waals surface area contributed by atoms with Gasteiger partial charge in [-0.1, -0.05) is 42.5 Å². The van der Waals surface area contributed by atoms with E-state index in [2.05, 4.69) is 16.0 Å². The fraction of sp³-hybridized carbons (Fsp3) is 0.333. The van der Waals surface area contributed by atoms with Gasteiger partial charge >= 0.3 is 5.97 Å². The number of ether oxygens (including phenoxy) is 1. The fourth-order valence-electron chi connectivity index (χ4n) is 2.76. The van der Waals surface area contributed by atoms with Crippen molar-refractivity contribution in [1.29, 1.82) is 0 Å². The van der Waals surface area contributed by atoms with Crippen LogP contribution in [0.4, 0.5) is 5.69 Å². The number of benzene rings is 2. The van der Waals surface area contributed by atoms with Crippen molar-refractivity contribution in [2.45, 2.75) is 45.6 Å². The number of carbonyl (C=O) groups is 3. The van der Waals surface area contributed by atoms with Gasteiger partial charge in [-0.2, -0.15) is 0 Å². The van der Waals surface area contributed by atoms with Crippen molar-refractivity contribution >= 4 is 40.8 Å². The molecule has 0 fully saturated rings. The van der Waals surface area contributed by atoms with E-state index in [-0.39, 0.29) is 30.5 Å². The van der Waals surface area contributed by atoms with Gasteiger partial charge < -0.3 is 20.7 Å². The highest BCUT2D eigenvalue weighted by Crippen LogP contribution is 2.16. The van der Waals surface area contributed by atoms with Crippen LogP contribution >= 0.6 is 12.2 Å². The Morgan fingerprint density at radius 1 is 0.938 bits per heavy atom. The van der Waals surface area contributed by atoms with Crippen LogP contribution in [0.15, 0.2) is 54.6 Å². The number of thiocarbonyl (C=S) groups is 1. The Morgan fingerprint density at radius 3 is 2.28 bits per heavy atom. The van der Waals surface area contributed by atoms with E-state index in [9.17, 15) is 14.4 Å². The summed E-state index contributed by atoms with van der Waals surface area (Å²) in [7, 11) is 0. The standard InChI is InChI=1S/C24H29N3O4S/c1-24(2,3)27-22(30)18-11-7-8-12-19(18)25-23(32)26-20(28)13-14-21(29)31-16-15-17-9-5-4-6-10-17/h4-12H,13-16H2,1-3H3,(H,27,30)(H2,25,26,28,32). The van der Waals surface area contributed by atoms with Crippen LogP contribution in [0.2, 0.25) is 0 Å². The van der Waals surface area contributed by atoms with Crippen molar-refractivity contribution in [3.05, 3.63) is 65.7 Å². The average molecular weight is 456 g/mol. The highest BCUT2D eigenvalue weighted by molar-refractivity contribution is 7.80. The molecule has 0 spiro atoms. The maximum atomic E-state index is 12.5. The number of amides is 2. The van der Waals surface area contributed by atoms with Crippen LogP contribution in [-0.2, 0) is 20.7 Å². The van der Waals surface area contributed by atoms with Gasteiger partial charge in [0.15, 0.2) is 5.11 Å². The van der Waals surface area contributed by atoms with Gasteiger partial charge in [-0.05, 0) is 50.7 Å². The Bertz CT molecular complexity index is 955. The molecule has 2 rings (SSSR count). The number of carbonyl (C=O) groups excluding carboxylic acids is 3. The summed E-state index contributed by atoms with van der Waals surface area (Å²) >= 11 is 5.18.